The van der Waals surface area contributed by atoms with Crippen LogP contribution in [-0.4, -0.2) is 18.1 Å². The Bertz CT molecular complexity index is 618. The lowest BCUT2D eigenvalue weighted by molar-refractivity contribution is 0.0601. The van der Waals surface area contributed by atoms with Gasteiger partial charge in [-0.25, -0.2) is 4.79 Å². The fourth-order valence-electron chi connectivity index (χ4n) is 2.39. The van der Waals surface area contributed by atoms with Crippen molar-refractivity contribution in [1.29, 1.82) is 0 Å². The molecule has 0 bridgehead atoms. The third-order valence-electron chi connectivity index (χ3n) is 3.49. The van der Waals surface area contributed by atoms with Crippen LogP contribution in [0.2, 0.25) is 0 Å². The van der Waals surface area contributed by atoms with Gasteiger partial charge in [-0.3, -0.25) is 4.98 Å². The fraction of sp³-hybridized carbons (Fsp3) is 0.250. The lowest BCUT2D eigenvalue weighted by atomic mass is 9.95. The molecule has 0 atom stereocenters. The summed E-state index contributed by atoms with van der Waals surface area (Å²) >= 11 is 0. The van der Waals surface area contributed by atoms with Crippen molar-refractivity contribution in [3.8, 4) is 11.1 Å². The van der Waals surface area contributed by atoms with Crippen LogP contribution in [0.3, 0.4) is 0 Å². The van der Waals surface area contributed by atoms with Gasteiger partial charge in [0.15, 0.2) is 0 Å². The van der Waals surface area contributed by atoms with Crippen LogP contribution in [0.25, 0.3) is 11.1 Å². The molecule has 0 saturated heterocycles. The molecule has 0 aliphatic heterocycles. The summed E-state index contributed by atoms with van der Waals surface area (Å²) in [6, 6.07) is 9.95. The highest BCUT2D eigenvalue weighted by Crippen LogP contribution is 2.44. The van der Waals surface area contributed by atoms with Crippen LogP contribution in [0, 0.1) is 0 Å². The van der Waals surface area contributed by atoms with E-state index in [1.165, 1.54) is 25.5 Å². The summed E-state index contributed by atoms with van der Waals surface area (Å²) in [5.74, 6) is 0.310. The second kappa shape index (κ2) is 4.84. The number of ether oxygens (including phenoxy) is 1. The van der Waals surface area contributed by atoms with E-state index in [1.807, 2.05) is 12.1 Å². The van der Waals surface area contributed by atoms with Gasteiger partial charge in [-0.1, -0.05) is 24.3 Å². The number of methoxy groups -OCH3 is 1. The Hall–Kier alpha value is -2.16. The van der Waals surface area contributed by atoms with Gasteiger partial charge in [-0.15, -0.1) is 0 Å². The highest BCUT2D eigenvalue weighted by Gasteiger charge is 2.27. The lowest BCUT2D eigenvalue weighted by Gasteiger charge is -2.11. The highest BCUT2D eigenvalue weighted by molar-refractivity contribution is 5.97. The number of pyridine rings is 1. The van der Waals surface area contributed by atoms with Crippen molar-refractivity contribution in [3.05, 3.63) is 53.9 Å². The Morgan fingerprint density at radius 1 is 1.21 bits per heavy atom. The Labute approximate surface area is 112 Å². The summed E-state index contributed by atoms with van der Waals surface area (Å²) in [5, 5.41) is 0. The molecule has 1 fully saturated rings. The van der Waals surface area contributed by atoms with E-state index >= 15 is 0 Å². The molecular formula is C16H15NO2. The number of benzene rings is 1. The molecule has 96 valence electrons. The van der Waals surface area contributed by atoms with Crippen LogP contribution < -0.4 is 0 Å². The highest BCUT2D eigenvalue weighted by atomic mass is 16.5. The predicted octanol–water partition coefficient (Wildman–Crippen LogP) is 3.41. The molecule has 3 heteroatoms. The van der Waals surface area contributed by atoms with Crippen molar-refractivity contribution >= 4 is 5.97 Å². The van der Waals surface area contributed by atoms with E-state index in [-0.39, 0.29) is 5.97 Å². The van der Waals surface area contributed by atoms with Gasteiger partial charge in [0.25, 0.3) is 0 Å². The van der Waals surface area contributed by atoms with Gasteiger partial charge in [0.2, 0.25) is 0 Å². The summed E-state index contributed by atoms with van der Waals surface area (Å²) in [4.78, 5) is 16.0. The predicted molar refractivity (Wildman–Crippen MR) is 73.0 cm³/mol. The van der Waals surface area contributed by atoms with Gasteiger partial charge in [0.1, 0.15) is 0 Å². The summed E-state index contributed by atoms with van der Waals surface area (Å²) in [5.41, 5.74) is 3.83. The molecule has 2 aromatic rings. The van der Waals surface area contributed by atoms with E-state index in [2.05, 4.69) is 17.1 Å². The van der Waals surface area contributed by atoms with Crippen molar-refractivity contribution in [2.75, 3.05) is 7.11 Å². The molecule has 3 nitrogen and oxygen atoms in total. The summed E-state index contributed by atoms with van der Waals surface area (Å²) < 4.78 is 4.85. The Kier molecular flexibility index (Phi) is 3.03. The monoisotopic (exact) mass is 253 g/mol. The first-order valence-corrected chi connectivity index (χ1v) is 6.43. The molecular weight excluding hydrogens is 238 g/mol. The van der Waals surface area contributed by atoms with E-state index in [9.17, 15) is 4.79 Å². The molecule has 0 N–H and O–H groups in total. The van der Waals surface area contributed by atoms with Crippen molar-refractivity contribution in [3.63, 3.8) is 0 Å². The van der Waals surface area contributed by atoms with Gasteiger partial charge < -0.3 is 4.74 Å². The topological polar surface area (TPSA) is 39.2 Å². The minimum absolute atomic E-state index is 0.317. The van der Waals surface area contributed by atoms with E-state index in [0.717, 1.165) is 11.1 Å². The standard InChI is InChI=1S/C16H15NO2/c1-19-16(18)14-8-9-17-10-15(14)13-5-3-2-4-12(13)11-6-7-11/h2-5,8-11H,6-7H2,1H3. The molecule has 1 aromatic heterocycles. The van der Waals surface area contributed by atoms with Crippen LogP contribution >= 0.6 is 0 Å². The van der Waals surface area contributed by atoms with Gasteiger partial charge in [-0.05, 0) is 36.0 Å². The van der Waals surface area contributed by atoms with E-state index in [1.54, 1.807) is 18.5 Å². The van der Waals surface area contributed by atoms with Crippen molar-refractivity contribution in [2.45, 2.75) is 18.8 Å². The number of esters is 1. The third-order valence-corrected chi connectivity index (χ3v) is 3.49. The zero-order chi connectivity index (χ0) is 13.2. The molecule has 3 rings (SSSR count). The molecule has 1 saturated carbocycles. The SMILES string of the molecule is COC(=O)c1ccncc1-c1ccccc1C1CC1. The second-order valence-electron chi connectivity index (χ2n) is 4.77. The van der Waals surface area contributed by atoms with Crippen LogP contribution in [0.15, 0.2) is 42.7 Å². The van der Waals surface area contributed by atoms with Crippen molar-refractivity contribution < 1.29 is 9.53 Å². The quantitative estimate of drug-likeness (QED) is 0.787. The van der Waals surface area contributed by atoms with Crippen LogP contribution in [0.1, 0.15) is 34.7 Å². The Morgan fingerprint density at radius 2 is 2.00 bits per heavy atom. The first-order chi connectivity index (χ1) is 9.31. The molecule has 0 radical (unpaired) electrons. The van der Waals surface area contributed by atoms with Crippen molar-refractivity contribution in [1.82, 2.24) is 4.98 Å². The smallest absolute Gasteiger partial charge is 0.338 e. The van der Waals surface area contributed by atoms with Gasteiger partial charge in [0, 0.05) is 18.0 Å². The zero-order valence-corrected chi connectivity index (χ0v) is 10.8. The van der Waals surface area contributed by atoms with Gasteiger partial charge in [0.05, 0.1) is 12.7 Å². The fourth-order valence-corrected chi connectivity index (χ4v) is 2.39. The molecule has 1 aliphatic carbocycles. The van der Waals surface area contributed by atoms with Gasteiger partial charge in [-0.2, -0.15) is 0 Å². The number of rotatable bonds is 3. The van der Waals surface area contributed by atoms with Crippen LogP contribution in [0.5, 0.6) is 0 Å². The maximum Gasteiger partial charge on any atom is 0.338 e. The van der Waals surface area contributed by atoms with Crippen LogP contribution in [0.4, 0.5) is 0 Å². The number of carbonyl (C=O) groups excluding carboxylic acids is 1. The first kappa shape index (κ1) is 11.9. The molecule has 0 amide bonds. The van der Waals surface area contributed by atoms with Gasteiger partial charge >= 0.3 is 5.97 Å². The zero-order valence-electron chi connectivity index (χ0n) is 10.8. The second-order valence-corrected chi connectivity index (χ2v) is 4.77. The molecule has 0 spiro atoms. The lowest BCUT2D eigenvalue weighted by Crippen LogP contribution is -2.04. The largest absolute Gasteiger partial charge is 0.465 e. The maximum absolute atomic E-state index is 11.9. The summed E-state index contributed by atoms with van der Waals surface area (Å²) in [6.45, 7) is 0. The number of nitrogens with zero attached hydrogens (tertiary/aromatic N) is 1. The first-order valence-electron chi connectivity index (χ1n) is 6.43. The maximum atomic E-state index is 11.9. The number of carbonyl (C=O) groups is 1. The number of aromatic nitrogens is 1. The van der Waals surface area contributed by atoms with Crippen molar-refractivity contribution in [2.24, 2.45) is 0 Å². The summed E-state index contributed by atoms with van der Waals surface area (Å²) in [6.07, 6.45) is 5.82. The average molecular weight is 253 g/mol. The number of hydrogen-bond donors (Lipinski definition) is 0. The molecule has 19 heavy (non-hydrogen) atoms. The molecule has 1 aromatic carbocycles. The Balaban J connectivity index is 2.14. The Morgan fingerprint density at radius 3 is 2.74 bits per heavy atom. The van der Waals surface area contributed by atoms with E-state index in [4.69, 9.17) is 4.74 Å². The molecule has 1 aliphatic rings. The average Bonchev–Trinajstić information content (AvgIpc) is 3.31. The summed E-state index contributed by atoms with van der Waals surface area (Å²) in [7, 11) is 1.40. The van der Waals surface area contributed by atoms with Crippen LogP contribution in [-0.2, 0) is 4.74 Å². The minimum atomic E-state index is -0.317. The third kappa shape index (κ3) is 2.24. The van der Waals surface area contributed by atoms with E-state index in [0.29, 0.717) is 11.5 Å². The normalized spacial score (nSPS) is 14.2. The number of hydrogen-bond acceptors (Lipinski definition) is 3. The molecule has 1 heterocycles. The molecule has 0 unspecified atom stereocenters. The minimum Gasteiger partial charge on any atom is -0.465 e. The van der Waals surface area contributed by atoms with E-state index < -0.39 is 0 Å².